The first kappa shape index (κ1) is 11.1. The van der Waals surface area contributed by atoms with Gasteiger partial charge in [-0.1, -0.05) is 0 Å². The normalized spacial score (nSPS) is 9.80. The third kappa shape index (κ3) is 2.28. The quantitative estimate of drug-likeness (QED) is 0.400. The molecule has 1 aromatic heterocycles. The Morgan fingerprint density at radius 1 is 1.33 bits per heavy atom. The number of aromatic amines is 1. The molecule has 1 aromatic rings. The maximum absolute atomic E-state index is 7.79. The zero-order valence-electron chi connectivity index (χ0n) is 9.13. The van der Waals surface area contributed by atoms with E-state index in [1.165, 1.54) is 4.90 Å². The number of H-pyrrole nitrogens is 1. The molecule has 0 fully saturated rings. The van der Waals surface area contributed by atoms with E-state index in [0.29, 0.717) is 0 Å². The van der Waals surface area contributed by atoms with Gasteiger partial charge in [0.1, 0.15) is 5.82 Å². The minimum absolute atomic E-state index is 0.143. The molecular formula is C9H16N6. The third-order valence-corrected chi connectivity index (χ3v) is 2.17. The molecule has 0 atom stereocenters. The number of nitrogens with one attached hydrogen (secondary N) is 3. The molecule has 15 heavy (non-hydrogen) atoms. The lowest BCUT2D eigenvalue weighted by molar-refractivity contribution is 0.706. The highest BCUT2D eigenvalue weighted by Crippen LogP contribution is 2.11. The van der Waals surface area contributed by atoms with E-state index in [-0.39, 0.29) is 11.9 Å². The van der Waals surface area contributed by atoms with E-state index in [1.807, 2.05) is 19.1 Å². The number of nitrogens with two attached hydrogens (primary N) is 1. The van der Waals surface area contributed by atoms with Crippen LogP contribution in [0.15, 0.2) is 12.1 Å². The topological polar surface area (TPSA) is 96.0 Å². The fourth-order valence-electron chi connectivity index (χ4n) is 1.14. The van der Waals surface area contributed by atoms with Gasteiger partial charge in [0.2, 0.25) is 5.96 Å². The Morgan fingerprint density at radius 2 is 1.93 bits per heavy atom. The summed E-state index contributed by atoms with van der Waals surface area (Å²) < 4.78 is 0. The number of aromatic nitrogens is 1. The summed E-state index contributed by atoms with van der Waals surface area (Å²) in [4.78, 5) is 6.00. The van der Waals surface area contributed by atoms with E-state index < -0.39 is 0 Å². The van der Waals surface area contributed by atoms with Crippen LogP contribution in [0, 0.1) is 17.7 Å². The Morgan fingerprint density at radius 3 is 2.33 bits per heavy atom. The average molecular weight is 208 g/mol. The van der Waals surface area contributed by atoms with Crippen LogP contribution in [0.2, 0.25) is 0 Å². The van der Waals surface area contributed by atoms with Gasteiger partial charge in [-0.15, -0.1) is 0 Å². The molecule has 1 rings (SSSR count). The van der Waals surface area contributed by atoms with Crippen LogP contribution in [-0.4, -0.2) is 35.9 Å². The molecule has 0 unspecified atom stereocenters. The number of anilines is 1. The summed E-state index contributed by atoms with van der Waals surface area (Å²) in [5, 5.41) is 15.0. The molecule has 0 aliphatic heterocycles. The van der Waals surface area contributed by atoms with Crippen molar-refractivity contribution in [3.63, 3.8) is 0 Å². The average Bonchev–Trinajstić information content (AvgIpc) is 2.61. The van der Waals surface area contributed by atoms with Crippen molar-refractivity contribution >= 4 is 17.7 Å². The molecular weight excluding hydrogens is 192 g/mol. The van der Waals surface area contributed by atoms with Gasteiger partial charge in [-0.05, 0) is 19.1 Å². The second-order valence-corrected chi connectivity index (χ2v) is 3.35. The predicted molar refractivity (Wildman–Crippen MR) is 61.3 cm³/mol. The lowest BCUT2D eigenvalue weighted by atomic mass is 10.5. The number of rotatable bonds is 1. The first-order valence-corrected chi connectivity index (χ1v) is 4.49. The summed E-state index contributed by atoms with van der Waals surface area (Å²) >= 11 is 0. The Bertz CT molecular complexity index is 380. The van der Waals surface area contributed by atoms with Crippen LogP contribution in [0.1, 0.15) is 5.69 Å². The molecule has 5 N–H and O–H groups in total. The SMILES string of the molecule is Cc1ccc(N(C)C(=N)N(C)C(=N)N)[nH]1. The van der Waals surface area contributed by atoms with Crippen LogP contribution in [0.25, 0.3) is 0 Å². The number of guanidine groups is 2. The Balaban J connectivity index is 2.81. The van der Waals surface area contributed by atoms with Gasteiger partial charge in [-0.25, -0.2) is 0 Å². The van der Waals surface area contributed by atoms with Gasteiger partial charge in [0.15, 0.2) is 5.96 Å². The Kier molecular flexibility index (Phi) is 2.99. The van der Waals surface area contributed by atoms with E-state index in [1.54, 1.807) is 19.0 Å². The summed E-state index contributed by atoms with van der Waals surface area (Å²) in [5.41, 5.74) is 6.31. The van der Waals surface area contributed by atoms with Crippen molar-refractivity contribution in [2.75, 3.05) is 19.0 Å². The standard InChI is InChI=1S/C9H16N6/c1-6-4-5-7(13-6)14(2)9(12)15(3)8(10)11/h4-5,12-13H,1-3H3,(H3,10,11). The summed E-state index contributed by atoms with van der Waals surface area (Å²) in [6.07, 6.45) is 0. The second kappa shape index (κ2) is 4.04. The lowest BCUT2D eigenvalue weighted by Gasteiger charge is -2.25. The fraction of sp³-hybridized carbons (Fsp3) is 0.333. The van der Waals surface area contributed by atoms with Crippen LogP contribution in [0.5, 0.6) is 0 Å². The Labute approximate surface area is 88.7 Å². The van der Waals surface area contributed by atoms with Gasteiger partial charge in [0.25, 0.3) is 0 Å². The third-order valence-electron chi connectivity index (χ3n) is 2.17. The van der Waals surface area contributed by atoms with E-state index in [0.717, 1.165) is 11.5 Å². The highest BCUT2D eigenvalue weighted by molar-refractivity contribution is 6.02. The van der Waals surface area contributed by atoms with Crippen LogP contribution in [0.4, 0.5) is 5.82 Å². The van der Waals surface area contributed by atoms with Crippen molar-refractivity contribution in [2.24, 2.45) is 5.73 Å². The smallest absolute Gasteiger partial charge is 0.205 e. The van der Waals surface area contributed by atoms with Crippen molar-refractivity contribution in [3.05, 3.63) is 17.8 Å². The van der Waals surface area contributed by atoms with Crippen LogP contribution in [0.3, 0.4) is 0 Å². The largest absolute Gasteiger partial charge is 0.370 e. The van der Waals surface area contributed by atoms with E-state index in [9.17, 15) is 0 Å². The zero-order valence-corrected chi connectivity index (χ0v) is 9.13. The highest BCUT2D eigenvalue weighted by atomic mass is 15.4. The fourth-order valence-corrected chi connectivity index (χ4v) is 1.14. The molecule has 82 valence electrons. The molecule has 0 radical (unpaired) electrons. The lowest BCUT2D eigenvalue weighted by Crippen LogP contribution is -2.45. The molecule has 0 aliphatic carbocycles. The van der Waals surface area contributed by atoms with Gasteiger partial charge in [-0.2, -0.15) is 0 Å². The zero-order chi connectivity index (χ0) is 11.6. The number of nitrogens with zero attached hydrogens (tertiary/aromatic N) is 2. The molecule has 0 spiro atoms. The van der Waals surface area contributed by atoms with Crippen LogP contribution < -0.4 is 10.6 Å². The maximum atomic E-state index is 7.79. The van der Waals surface area contributed by atoms with Crippen molar-refractivity contribution in [1.29, 1.82) is 10.8 Å². The van der Waals surface area contributed by atoms with E-state index in [2.05, 4.69) is 4.98 Å². The minimum Gasteiger partial charge on any atom is -0.370 e. The number of hydrogen-bond acceptors (Lipinski definition) is 2. The van der Waals surface area contributed by atoms with Crippen molar-refractivity contribution < 1.29 is 0 Å². The van der Waals surface area contributed by atoms with Crippen molar-refractivity contribution in [1.82, 2.24) is 9.88 Å². The van der Waals surface area contributed by atoms with E-state index in [4.69, 9.17) is 16.6 Å². The molecule has 0 aromatic carbocycles. The first-order chi connectivity index (χ1) is 6.93. The van der Waals surface area contributed by atoms with Gasteiger partial charge < -0.3 is 15.6 Å². The molecule has 0 saturated carbocycles. The number of aryl methyl sites for hydroxylation is 1. The summed E-state index contributed by atoms with van der Waals surface area (Å²) in [6.45, 7) is 1.94. The van der Waals surface area contributed by atoms with Gasteiger partial charge >= 0.3 is 0 Å². The first-order valence-electron chi connectivity index (χ1n) is 4.49. The van der Waals surface area contributed by atoms with Gasteiger partial charge in [0.05, 0.1) is 0 Å². The highest BCUT2D eigenvalue weighted by Gasteiger charge is 2.14. The maximum Gasteiger partial charge on any atom is 0.205 e. The predicted octanol–water partition coefficient (Wildman–Crippen LogP) is 0.519. The Hall–Kier alpha value is -1.98. The summed E-state index contributed by atoms with van der Waals surface area (Å²) in [6, 6.07) is 3.80. The van der Waals surface area contributed by atoms with Crippen molar-refractivity contribution in [2.45, 2.75) is 6.92 Å². The summed E-state index contributed by atoms with van der Waals surface area (Å²) in [5.74, 6) is 0.782. The monoisotopic (exact) mass is 208 g/mol. The van der Waals surface area contributed by atoms with E-state index >= 15 is 0 Å². The van der Waals surface area contributed by atoms with Crippen LogP contribution in [-0.2, 0) is 0 Å². The van der Waals surface area contributed by atoms with Crippen molar-refractivity contribution in [3.8, 4) is 0 Å². The molecule has 6 heteroatoms. The second-order valence-electron chi connectivity index (χ2n) is 3.35. The molecule has 0 amide bonds. The molecule has 0 bridgehead atoms. The molecule has 0 saturated heterocycles. The molecule has 6 nitrogen and oxygen atoms in total. The molecule has 0 aliphatic rings. The minimum atomic E-state index is -0.157. The molecule has 1 heterocycles. The number of hydrogen-bond donors (Lipinski definition) is 4. The van der Waals surface area contributed by atoms with Crippen LogP contribution >= 0.6 is 0 Å². The van der Waals surface area contributed by atoms with Gasteiger partial charge in [0, 0.05) is 19.8 Å². The van der Waals surface area contributed by atoms with Gasteiger partial charge in [-0.3, -0.25) is 15.7 Å². The summed E-state index contributed by atoms with van der Waals surface area (Å²) in [7, 11) is 3.32.